The molecule has 0 N–H and O–H groups in total. The van der Waals surface area contributed by atoms with Crippen LogP contribution in [-0.4, -0.2) is 24.6 Å². The van der Waals surface area contributed by atoms with Crippen LogP contribution in [-0.2, 0) is 9.47 Å². The molecule has 4 heteroatoms. The van der Waals surface area contributed by atoms with Gasteiger partial charge in [0.2, 0.25) is 0 Å². The Bertz CT molecular complexity index is 491. The number of hydrogen-bond acceptors (Lipinski definition) is 4. The Labute approximate surface area is 139 Å². The zero-order valence-electron chi connectivity index (χ0n) is 14.6. The minimum Gasteiger partial charge on any atom is -0.462 e. The molecule has 0 saturated carbocycles. The van der Waals surface area contributed by atoms with Crippen LogP contribution in [0.25, 0.3) is 0 Å². The lowest BCUT2D eigenvalue weighted by Gasteiger charge is -2.14. The van der Waals surface area contributed by atoms with Gasteiger partial charge in [-0.2, -0.15) is 0 Å². The number of rotatable bonds is 9. The standard InChI is InChI=1S/C19H28O4/c1-5-6-13-22-18(20)16-9-11-17(12-10-16)19(21)23-15(4)8-7-14(2)3/h9-12,14-15H,5-8,13H2,1-4H3. The largest absolute Gasteiger partial charge is 0.462 e. The van der Waals surface area contributed by atoms with Gasteiger partial charge in [0.25, 0.3) is 0 Å². The van der Waals surface area contributed by atoms with Crippen molar-refractivity contribution < 1.29 is 19.1 Å². The van der Waals surface area contributed by atoms with Crippen LogP contribution in [0.4, 0.5) is 0 Å². The van der Waals surface area contributed by atoms with Crippen molar-refractivity contribution in [2.24, 2.45) is 5.92 Å². The van der Waals surface area contributed by atoms with Crippen molar-refractivity contribution in [2.75, 3.05) is 6.61 Å². The molecule has 1 rings (SSSR count). The molecule has 0 fully saturated rings. The van der Waals surface area contributed by atoms with Gasteiger partial charge >= 0.3 is 11.9 Å². The third kappa shape index (κ3) is 7.31. The molecule has 1 atom stereocenters. The summed E-state index contributed by atoms with van der Waals surface area (Å²) >= 11 is 0. The predicted octanol–water partition coefficient (Wildman–Crippen LogP) is 4.63. The summed E-state index contributed by atoms with van der Waals surface area (Å²) < 4.78 is 10.5. The number of benzene rings is 1. The second kappa shape index (κ2) is 10.0. The monoisotopic (exact) mass is 320 g/mol. The van der Waals surface area contributed by atoms with Crippen LogP contribution in [0.3, 0.4) is 0 Å². The predicted molar refractivity (Wildman–Crippen MR) is 90.6 cm³/mol. The fourth-order valence-corrected chi connectivity index (χ4v) is 2.01. The molecular weight excluding hydrogens is 292 g/mol. The van der Waals surface area contributed by atoms with E-state index in [-0.39, 0.29) is 18.0 Å². The number of esters is 2. The third-order valence-electron chi connectivity index (χ3n) is 3.55. The van der Waals surface area contributed by atoms with Crippen molar-refractivity contribution in [1.29, 1.82) is 0 Å². The molecule has 1 aromatic carbocycles. The summed E-state index contributed by atoms with van der Waals surface area (Å²) in [6.07, 6.45) is 3.60. The van der Waals surface area contributed by atoms with Crippen molar-refractivity contribution in [3.05, 3.63) is 35.4 Å². The van der Waals surface area contributed by atoms with Crippen LogP contribution < -0.4 is 0 Å². The Balaban J connectivity index is 2.51. The fourth-order valence-electron chi connectivity index (χ4n) is 2.01. The summed E-state index contributed by atoms with van der Waals surface area (Å²) in [5.74, 6) is -0.120. The molecule has 0 aliphatic heterocycles. The normalized spacial score (nSPS) is 12.0. The molecule has 0 radical (unpaired) electrons. The van der Waals surface area contributed by atoms with Gasteiger partial charge in [0.1, 0.15) is 0 Å². The summed E-state index contributed by atoms with van der Waals surface area (Å²) in [5.41, 5.74) is 0.900. The minimum absolute atomic E-state index is 0.108. The summed E-state index contributed by atoms with van der Waals surface area (Å²) in [6.45, 7) is 8.66. The van der Waals surface area contributed by atoms with Crippen molar-refractivity contribution in [2.45, 2.75) is 59.5 Å². The number of hydrogen-bond donors (Lipinski definition) is 0. The number of ether oxygens (including phenoxy) is 2. The summed E-state index contributed by atoms with van der Waals surface area (Å²) in [7, 11) is 0. The highest BCUT2D eigenvalue weighted by molar-refractivity contribution is 5.93. The van der Waals surface area contributed by atoms with Gasteiger partial charge < -0.3 is 9.47 Å². The van der Waals surface area contributed by atoms with E-state index >= 15 is 0 Å². The van der Waals surface area contributed by atoms with E-state index in [0.717, 1.165) is 25.7 Å². The van der Waals surface area contributed by atoms with Gasteiger partial charge in [-0.25, -0.2) is 9.59 Å². The highest BCUT2D eigenvalue weighted by Crippen LogP contribution is 2.13. The maximum Gasteiger partial charge on any atom is 0.338 e. The zero-order valence-corrected chi connectivity index (χ0v) is 14.6. The first-order valence-corrected chi connectivity index (χ1v) is 8.42. The molecule has 0 aliphatic carbocycles. The second-order valence-corrected chi connectivity index (χ2v) is 6.25. The van der Waals surface area contributed by atoms with Crippen LogP contribution >= 0.6 is 0 Å². The summed E-state index contributed by atoms with van der Waals surface area (Å²) in [6, 6.07) is 6.41. The highest BCUT2D eigenvalue weighted by atomic mass is 16.5. The van der Waals surface area contributed by atoms with Gasteiger partial charge in [0, 0.05) is 0 Å². The maximum absolute atomic E-state index is 12.1. The fraction of sp³-hybridized carbons (Fsp3) is 0.579. The smallest absolute Gasteiger partial charge is 0.338 e. The number of carbonyl (C=O) groups excluding carboxylic acids is 2. The quantitative estimate of drug-likeness (QED) is 0.492. The van der Waals surface area contributed by atoms with Crippen LogP contribution in [0, 0.1) is 5.92 Å². The Morgan fingerprint density at radius 3 is 2.04 bits per heavy atom. The van der Waals surface area contributed by atoms with Gasteiger partial charge in [-0.15, -0.1) is 0 Å². The van der Waals surface area contributed by atoms with E-state index < -0.39 is 0 Å². The lowest BCUT2D eigenvalue weighted by atomic mass is 10.1. The van der Waals surface area contributed by atoms with Gasteiger partial charge in [-0.3, -0.25) is 0 Å². The maximum atomic E-state index is 12.1. The Hall–Kier alpha value is -1.84. The van der Waals surface area contributed by atoms with Crippen molar-refractivity contribution in [3.8, 4) is 0 Å². The Morgan fingerprint density at radius 2 is 1.52 bits per heavy atom. The summed E-state index contributed by atoms with van der Waals surface area (Å²) in [4.78, 5) is 23.8. The first kappa shape index (κ1) is 19.2. The molecule has 23 heavy (non-hydrogen) atoms. The van der Waals surface area contributed by atoms with Crippen molar-refractivity contribution >= 4 is 11.9 Å². The molecule has 0 bridgehead atoms. The first-order chi connectivity index (χ1) is 10.9. The van der Waals surface area contributed by atoms with E-state index in [9.17, 15) is 9.59 Å². The van der Waals surface area contributed by atoms with Gasteiger partial charge in [-0.05, 0) is 56.4 Å². The number of carbonyl (C=O) groups is 2. The second-order valence-electron chi connectivity index (χ2n) is 6.25. The molecule has 0 heterocycles. The van der Waals surface area contributed by atoms with Crippen LogP contribution in [0.5, 0.6) is 0 Å². The lowest BCUT2D eigenvalue weighted by Crippen LogP contribution is -2.16. The first-order valence-electron chi connectivity index (χ1n) is 8.42. The highest BCUT2D eigenvalue weighted by Gasteiger charge is 2.14. The van der Waals surface area contributed by atoms with E-state index in [1.54, 1.807) is 24.3 Å². The molecule has 128 valence electrons. The summed E-state index contributed by atoms with van der Waals surface area (Å²) in [5, 5.41) is 0. The molecule has 0 spiro atoms. The Morgan fingerprint density at radius 1 is 0.957 bits per heavy atom. The molecule has 1 unspecified atom stereocenters. The topological polar surface area (TPSA) is 52.6 Å². The average Bonchev–Trinajstić information content (AvgIpc) is 2.53. The molecule has 4 nitrogen and oxygen atoms in total. The molecule has 0 saturated heterocycles. The average molecular weight is 320 g/mol. The molecule has 0 aliphatic rings. The zero-order chi connectivity index (χ0) is 17.2. The van der Waals surface area contributed by atoms with E-state index in [1.165, 1.54) is 0 Å². The van der Waals surface area contributed by atoms with Crippen LogP contribution in [0.2, 0.25) is 0 Å². The van der Waals surface area contributed by atoms with E-state index in [1.807, 2.05) is 13.8 Å². The van der Waals surface area contributed by atoms with Gasteiger partial charge in [0.15, 0.2) is 0 Å². The molecule has 0 aromatic heterocycles. The molecule has 0 amide bonds. The van der Waals surface area contributed by atoms with Gasteiger partial charge in [0.05, 0.1) is 23.8 Å². The molecule has 1 aromatic rings. The minimum atomic E-state index is -0.358. The van der Waals surface area contributed by atoms with Crippen LogP contribution in [0.1, 0.15) is 74.1 Å². The third-order valence-corrected chi connectivity index (χ3v) is 3.55. The van der Waals surface area contributed by atoms with Gasteiger partial charge in [-0.1, -0.05) is 27.2 Å². The lowest BCUT2D eigenvalue weighted by molar-refractivity contribution is 0.0312. The van der Waals surface area contributed by atoms with Crippen molar-refractivity contribution in [1.82, 2.24) is 0 Å². The van der Waals surface area contributed by atoms with E-state index in [4.69, 9.17) is 9.47 Å². The SMILES string of the molecule is CCCCOC(=O)c1ccc(C(=O)OC(C)CCC(C)C)cc1. The van der Waals surface area contributed by atoms with Crippen molar-refractivity contribution in [3.63, 3.8) is 0 Å². The number of unbranched alkanes of at least 4 members (excludes halogenated alkanes) is 1. The van der Waals surface area contributed by atoms with E-state index in [2.05, 4.69) is 13.8 Å². The Kier molecular flexibility index (Phi) is 8.38. The van der Waals surface area contributed by atoms with Crippen LogP contribution in [0.15, 0.2) is 24.3 Å². The van der Waals surface area contributed by atoms with E-state index in [0.29, 0.717) is 23.7 Å². The molecular formula is C19H28O4.